The molecule has 17 nitrogen and oxygen atoms in total. The maximum atomic E-state index is 14.0. The fourth-order valence-corrected chi connectivity index (χ4v) is 14.1. The van der Waals surface area contributed by atoms with Gasteiger partial charge in [0.2, 0.25) is 0 Å². The molecule has 12 rings (SSSR count). The van der Waals surface area contributed by atoms with Crippen LogP contribution < -0.4 is 45.5 Å². The van der Waals surface area contributed by atoms with Crippen molar-refractivity contribution in [3.63, 3.8) is 0 Å². The number of hydrogen-bond acceptors (Lipinski definition) is 11. The predicted octanol–water partition coefficient (Wildman–Crippen LogP) is 17.1. The second kappa shape index (κ2) is 42.4. The van der Waals surface area contributed by atoms with Gasteiger partial charge in [-0.05, 0) is 173 Å². The molecule has 584 valence electrons. The Hall–Kier alpha value is -11.5. The molecule has 0 radical (unpaired) electrons. The molecule has 0 aliphatic carbocycles. The third-order valence-electron chi connectivity index (χ3n) is 19.0. The first-order valence-corrected chi connectivity index (χ1v) is 37.4. The third-order valence-corrected chi connectivity index (χ3v) is 19.0. The van der Waals surface area contributed by atoms with Crippen LogP contribution in [0.2, 0.25) is 0 Å². The van der Waals surface area contributed by atoms with Gasteiger partial charge < -0.3 is 59.6 Å². The van der Waals surface area contributed by atoms with Gasteiger partial charge in [-0.2, -0.15) is 0 Å². The van der Waals surface area contributed by atoms with Gasteiger partial charge in [-0.25, -0.2) is 13.2 Å². The summed E-state index contributed by atoms with van der Waals surface area (Å²) in [6.45, 7) is 13.2. The van der Waals surface area contributed by atoms with E-state index in [1.54, 1.807) is 36.4 Å². The number of aliphatic hydroxyl groups excluding tert-OH is 2. The van der Waals surface area contributed by atoms with Crippen LogP contribution in [-0.2, 0) is 43.5 Å². The minimum absolute atomic E-state index is 0. The zero-order chi connectivity index (χ0) is 80.0. The third kappa shape index (κ3) is 22.0. The summed E-state index contributed by atoms with van der Waals surface area (Å²) >= 11 is 0. The van der Waals surface area contributed by atoms with E-state index in [2.05, 4.69) is 20.5 Å². The van der Waals surface area contributed by atoms with Gasteiger partial charge in [-0.15, -0.1) is 0 Å². The second-order valence-electron chi connectivity index (χ2n) is 27.9. The van der Waals surface area contributed by atoms with E-state index in [-0.39, 0.29) is 114 Å². The molecular weight excluding hydrogens is 1460 g/mol. The largest absolute Gasteiger partial charge is 1.00 e. The van der Waals surface area contributed by atoms with Crippen LogP contribution in [0.3, 0.4) is 0 Å². The van der Waals surface area contributed by atoms with Crippen molar-refractivity contribution in [2.24, 2.45) is 0 Å². The molecule has 9 aromatic carbocycles. The Morgan fingerprint density at radius 1 is 0.368 bits per heavy atom. The summed E-state index contributed by atoms with van der Waals surface area (Å²) in [5, 5.41) is 30.3. The number of aldehydes is 1. The predicted molar refractivity (Wildman–Crippen MR) is 438 cm³/mol. The monoisotopic (exact) mass is 1550 g/mol. The molecule has 21 heteroatoms. The maximum Gasteiger partial charge on any atom is 1.00 e. The molecule has 0 spiro atoms. The van der Waals surface area contributed by atoms with E-state index in [9.17, 15) is 52.2 Å². The molecule has 3 aromatic heterocycles. The van der Waals surface area contributed by atoms with Crippen molar-refractivity contribution in [2.75, 3.05) is 30.2 Å². The minimum Gasteiger partial charge on any atom is -0.870 e. The van der Waals surface area contributed by atoms with Gasteiger partial charge in [0.25, 0.3) is 17.7 Å². The van der Waals surface area contributed by atoms with Gasteiger partial charge in [0.15, 0.2) is 0 Å². The first kappa shape index (κ1) is 88.1. The molecule has 0 saturated heterocycles. The zero-order valence-corrected chi connectivity index (χ0v) is 67.5. The van der Waals surface area contributed by atoms with Crippen LogP contribution in [0, 0.1) is 17.5 Å². The molecule has 2 atom stereocenters. The average molecular weight is 1550 g/mol. The number of nitrogens with one attached hydrogen (secondary N) is 3. The first-order chi connectivity index (χ1) is 54.1. The van der Waals surface area contributed by atoms with Crippen LogP contribution >= 0.6 is 0 Å². The fraction of sp³-hybridized carbons (Fsp3) is 0.226. The van der Waals surface area contributed by atoms with E-state index in [4.69, 9.17) is 9.47 Å². The van der Waals surface area contributed by atoms with Crippen molar-refractivity contribution in [1.82, 2.24) is 13.7 Å². The van der Waals surface area contributed by atoms with E-state index in [1.165, 1.54) is 50.6 Å². The summed E-state index contributed by atoms with van der Waals surface area (Å²) in [5.74, 6) is -2.94. The number of nitrogens with zero attached hydrogens (tertiary/aromatic N) is 3. The number of esters is 2. The second-order valence-corrected chi connectivity index (χ2v) is 27.9. The fourth-order valence-electron chi connectivity index (χ4n) is 14.1. The van der Waals surface area contributed by atoms with Gasteiger partial charge >= 0.3 is 41.5 Å². The number of para-hydroxylation sites is 3. The van der Waals surface area contributed by atoms with E-state index in [1.807, 2.05) is 233 Å². The Labute approximate surface area is 685 Å². The summed E-state index contributed by atoms with van der Waals surface area (Å²) in [6.07, 6.45) is -0.426. The van der Waals surface area contributed by atoms with Crippen molar-refractivity contribution in [3.8, 4) is 67.2 Å². The van der Waals surface area contributed by atoms with Crippen molar-refractivity contribution < 1.29 is 96.7 Å². The number of ether oxygens (including phenoxy) is 2. The normalized spacial score (nSPS) is 11.4. The number of hydrogen-bond donors (Lipinski definition) is 5. The quantitative estimate of drug-likeness (QED) is 0.0175. The van der Waals surface area contributed by atoms with Crippen LogP contribution in [-0.4, -0.2) is 91.8 Å². The summed E-state index contributed by atoms with van der Waals surface area (Å²) in [4.78, 5) is 76.7. The van der Waals surface area contributed by atoms with Crippen molar-refractivity contribution in [3.05, 3.63) is 306 Å². The Morgan fingerprint density at radius 3 is 0.833 bits per heavy atom. The van der Waals surface area contributed by atoms with Crippen LogP contribution in [0.25, 0.3) is 67.2 Å². The van der Waals surface area contributed by atoms with E-state index < -0.39 is 24.1 Å². The number of amides is 3. The summed E-state index contributed by atoms with van der Waals surface area (Å²) in [7, 11) is 2.57. The molecule has 3 heterocycles. The number of rotatable bonds is 28. The van der Waals surface area contributed by atoms with Crippen molar-refractivity contribution >= 4 is 53.0 Å². The Morgan fingerprint density at radius 2 is 0.605 bits per heavy atom. The topological polar surface area (TPSA) is 242 Å². The smallest absolute Gasteiger partial charge is 0.870 e. The minimum atomic E-state index is -0.928. The van der Waals surface area contributed by atoms with Gasteiger partial charge in [0, 0.05) is 76.9 Å². The molecule has 6 N–H and O–H groups in total. The van der Waals surface area contributed by atoms with E-state index >= 15 is 0 Å². The molecule has 0 saturated carbocycles. The first-order valence-electron chi connectivity index (χ1n) is 37.4. The van der Waals surface area contributed by atoms with Crippen LogP contribution in [0.5, 0.6) is 0 Å². The number of anilines is 3. The van der Waals surface area contributed by atoms with Crippen molar-refractivity contribution in [1.29, 1.82) is 0 Å². The van der Waals surface area contributed by atoms with Gasteiger partial charge in [-0.1, -0.05) is 187 Å². The number of carbonyl (C=O) groups excluding carboxylic acids is 6. The summed E-state index contributed by atoms with van der Waals surface area (Å²) < 4.78 is 57.3. The summed E-state index contributed by atoms with van der Waals surface area (Å²) in [6, 6.07) is 75.5. The SMILES string of the molecule is CC(C)c1c(C(=O)Nc2ccccc2)c(-c2ccccc2)c(-c2ccc(F)cc2)n1CCC=O.COC(=O)CC(O)CCn1c(-c2ccc(F)cc2)c(-c2ccccc2)c(C(=O)Nc2ccccc2)c1C(C)C.COC(=O)CC(O)CCn1c(-c2ccc(F)cc2)c(-c2ccccc2)c(C(=O)Nc2ccccc2)c1C(C)C.[Na+].[OH-]. The van der Waals surface area contributed by atoms with Gasteiger partial charge in [0.05, 0.1) is 73.0 Å². The van der Waals surface area contributed by atoms with E-state index in [0.717, 1.165) is 90.5 Å². The number of aliphatic hydroxyl groups is 2. The molecular formula is C93H94F3N6NaO11. The average Bonchev–Trinajstić information content (AvgIpc) is 1.60. The number of carbonyl (C=O) groups is 6. The molecule has 3 amide bonds. The number of benzene rings is 9. The Bertz CT molecular complexity index is 4920. The molecule has 12 aromatic rings. The summed E-state index contributed by atoms with van der Waals surface area (Å²) in [5.41, 5.74) is 15.4. The zero-order valence-electron chi connectivity index (χ0n) is 65.5. The maximum absolute atomic E-state index is 14.0. The van der Waals surface area contributed by atoms with Crippen molar-refractivity contribution in [2.45, 2.75) is 123 Å². The number of aromatic nitrogens is 3. The molecule has 0 aliphatic heterocycles. The molecule has 2 unspecified atom stereocenters. The van der Waals surface area contributed by atoms with Gasteiger partial charge in [-0.3, -0.25) is 24.0 Å². The van der Waals surface area contributed by atoms with Crippen LogP contribution in [0.15, 0.2) is 255 Å². The number of methoxy groups -OCH3 is 2. The number of halogens is 3. The molecule has 0 aliphatic rings. The standard InChI is InChI=1S/2C32H33FN2O4.C29H27FN2O2.Na.H2O/c2*1-21(2)30-29(32(38)34-25-12-8-5-9-13-25)28(22-10-6-4-7-11-22)31(23-14-16-24(33)17-15-23)35(30)19-18-26(36)20-27(37)39-3;1-20(2)27-26(29(34)31-24-12-7-4-8-13-24)25(21-10-5-3-6-11-21)28(32(27)18-9-19-33)22-14-16-23(30)17-15-22;;/h2*4-17,21,26,36H,18-20H2,1-3H3,(H,34,38);3-8,10-17,19-20H,9,18H2,1-2H3,(H,31,34);;1H2/q;;;+1;/p-1. The van der Waals surface area contributed by atoms with Crippen LogP contribution in [0.4, 0.5) is 30.2 Å². The van der Waals surface area contributed by atoms with E-state index in [0.29, 0.717) is 59.8 Å². The molecule has 0 bridgehead atoms. The molecule has 0 fully saturated rings. The van der Waals surface area contributed by atoms with Crippen LogP contribution in [0.1, 0.15) is 140 Å². The Balaban J connectivity index is 0.000000213. The van der Waals surface area contributed by atoms with Gasteiger partial charge in [0.1, 0.15) is 23.7 Å². The molecule has 114 heavy (non-hydrogen) atoms. The Kier molecular flexibility index (Phi) is 32.8.